The Labute approximate surface area is 150 Å². The minimum Gasteiger partial charge on any atom is -0.393 e. The maximum Gasteiger partial charge on any atom is 0.172 e. The number of aliphatic hydroxyl groups is 1. The van der Waals surface area contributed by atoms with Crippen LogP contribution in [0.5, 0.6) is 0 Å². The number of allylic oxidation sites excluding steroid dienone is 1. The van der Waals surface area contributed by atoms with Gasteiger partial charge >= 0.3 is 0 Å². The first-order valence-electron chi connectivity index (χ1n) is 10.3. The molecule has 25 heavy (non-hydrogen) atoms. The summed E-state index contributed by atoms with van der Waals surface area (Å²) in [6.07, 6.45) is 9.38. The Morgan fingerprint density at radius 1 is 1.20 bits per heavy atom. The minimum atomic E-state index is -0.399. The van der Waals surface area contributed by atoms with Gasteiger partial charge in [-0.3, -0.25) is 4.79 Å². The molecule has 0 radical (unpaired) electrons. The van der Waals surface area contributed by atoms with E-state index in [0.717, 1.165) is 44.9 Å². The Bertz CT molecular complexity index is 605. The second kappa shape index (κ2) is 5.64. The summed E-state index contributed by atoms with van der Waals surface area (Å²) in [6, 6.07) is 0. The van der Waals surface area contributed by atoms with E-state index in [1.54, 1.807) is 0 Å². The average Bonchev–Trinajstić information content (AvgIpc) is 3.20. The summed E-state index contributed by atoms with van der Waals surface area (Å²) in [6.45, 7) is 3.56. The Balaban J connectivity index is 1.46. The first-order valence-corrected chi connectivity index (χ1v) is 10.3. The number of carbonyl (C=O) groups excluding carboxylic acids is 1. The summed E-state index contributed by atoms with van der Waals surface area (Å²) < 4.78 is 11.9. The van der Waals surface area contributed by atoms with Crippen LogP contribution in [0.1, 0.15) is 58.3 Å². The van der Waals surface area contributed by atoms with Gasteiger partial charge in [-0.15, -0.1) is 0 Å². The number of rotatable bonds is 1. The van der Waals surface area contributed by atoms with Crippen molar-refractivity contribution in [3.8, 4) is 0 Å². The molecule has 4 nitrogen and oxygen atoms in total. The van der Waals surface area contributed by atoms with E-state index in [0.29, 0.717) is 43.2 Å². The molecule has 0 aromatic carbocycles. The highest BCUT2D eigenvalue weighted by Crippen LogP contribution is 2.62. The molecule has 1 spiro atoms. The molecule has 4 aliphatic carbocycles. The van der Waals surface area contributed by atoms with Crippen molar-refractivity contribution in [1.29, 1.82) is 0 Å². The first kappa shape index (κ1) is 16.5. The second-order valence-corrected chi connectivity index (χ2v) is 9.06. The predicted octanol–water partition coefficient (Wildman–Crippen LogP) is 3.23. The average molecular weight is 346 g/mol. The quantitative estimate of drug-likeness (QED) is 0.741. The van der Waals surface area contributed by atoms with Crippen molar-refractivity contribution in [2.75, 3.05) is 13.2 Å². The fourth-order valence-electron chi connectivity index (χ4n) is 7.19. The zero-order valence-electron chi connectivity index (χ0n) is 15.2. The van der Waals surface area contributed by atoms with Gasteiger partial charge in [-0.1, -0.05) is 18.6 Å². The molecule has 0 amide bonds. The second-order valence-electron chi connectivity index (χ2n) is 9.06. The molecule has 138 valence electrons. The predicted molar refractivity (Wildman–Crippen MR) is 92.7 cm³/mol. The van der Waals surface area contributed by atoms with E-state index in [-0.39, 0.29) is 17.4 Å². The van der Waals surface area contributed by atoms with E-state index in [9.17, 15) is 9.90 Å². The Kier molecular flexibility index (Phi) is 3.71. The lowest BCUT2D eigenvalue weighted by atomic mass is 9.51. The molecule has 4 fully saturated rings. The topological polar surface area (TPSA) is 55.8 Å². The smallest absolute Gasteiger partial charge is 0.172 e. The number of ketones is 1. The van der Waals surface area contributed by atoms with E-state index in [1.165, 1.54) is 5.57 Å². The van der Waals surface area contributed by atoms with Gasteiger partial charge in [-0.25, -0.2) is 0 Å². The Morgan fingerprint density at radius 2 is 2.00 bits per heavy atom. The minimum absolute atomic E-state index is 0.142. The summed E-state index contributed by atoms with van der Waals surface area (Å²) in [4.78, 5) is 13.2. The van der Waals surface area contributed by atoms with Crippen LogP contribution < -0.4 is 0 Å². The summed E-state index contributed by atoms with van der Waals surface area (Å²) in [5, 5.41) is 10.7. The molecule has 0 aromatic heterocycles. The molecule has 1 saturated heterocycles. The van der Waals surface area contributed by atoms with Gasteiger partial charge < -0.3 is 14.6 Å². The van der Waals surface area contributed by atoms with Crippen molar-refractivity contribution in [2.24, 2.45) is 29.1 Å². The van der Waals surface area contributed by atoms with Crippen molar-refractivity contribution in [3.05, 3.63) is 11.6 Å². The summed E-state index contributed by atoms with van der Waals surface area (Å²) >= 11 is 0. The van der Waals surface area contributed by atoms with Gasteiger partial charge in [0.05, 0.1) is 19.3 Å². The summed E-state index contributed by atoms with van der Waals surface area (Å²) in [5.74, 6) is 1.54. The van der Waals surface area contributed by atoms with Crippen LogP contribution in [0.15, 0.2) is 11.6 Å². The SMILES string of the molecule is CCC12CC(=O)C3C4CCC5(CC4=CCC3C1CCC2O)OCCO5. The van der Waals surface area contributed by atoms with Crippen LogP contribution in [-0.2, 0) is 14.3 Å². The van der Waals surface area contributed by atoms with Gasteiger partial charge in [0.15, 0.2) is 5.79 Å². The number of hydrogen-bond acceptors (Lipinski definition) is 4. The highest BCUT2D eigenvalue weighted by Gasteiger charge is 2.60. The van der Waals surface area contributed by atoms with Gasteiger partial charge in [0.1, 0.15) is 5.78 Å². The maximum absolute atomic E-state index is 13.2. The van der Waals surface area contributed by atoms with Crippen LogP contribution in [0.4, 0.5) is 0 Å². The van der Waals surface area contributed by atoms with Gasteiger partial charge in [-0.2, -0.15) is 0 Å². The molecular formula is C21H30O4. The fraction of sp³-hybridized carbons (Fsp3) is 0.857. The number of hydrogen-bond donors (Lipinski definition) is 1. The third kappa shape index (κ3) is 2.20. The Morgan fingerprint density at radius 3 is 2.76 bits per heavy atom. The molecule has 0 bridgehead atoms. The normalized spacial score (nSPS) is 48.0. The number of Topliss-reactive ketones (excluding diaryl/α,β-unsaturated/α-hetero) is 1. The monoisotopic (exact) mass is 346 g/mol. The molecule has 5 rings (SSSR count). The number of aliphatic hydroxyl groups excluding tert-OH is 1. The third-order valence-electron chi connectivity index (χ3n) is 8.35. The van der Waals surface area contributed by atoms with E-state index in [2.05, 4.69) is 13.0 Å². The lowest BCUT2D eigenvalue weighted by molar-refractivity contribution is -0.178. The number of ether oxygens (including phenoxy) is 2. The van der Waals surface area contributed by atoms with E-state index < -0.39 is 5.79 Å². The fourth-order valence-corrected chi connectivity index (χ4v) is 7.19. The maximum atomic E-state index is 13.2. The molecule has 1 heterocycles. The van der Waals surface area contributed by atoms with Crippen LogP contribution in [0.25, 0.3) is 0 Å². The molecule has 3 saturated carbocycles. The van der Waals surface area contributed by atoms with Gasteiger partial charge in [-0.05, 0) is 49.9 Å². The van der Waals surface area contributed by atoms with Crippen molar-refractivity contribution in [2.45, 2.75) is 70.2 Å². The van der Waals surface area contributed by atoms with Crippen LogP contribution >= 0.6 is 0 Å². The first-order chi connectivity index (χ1) is 12.1. The molecular weight excluding hydrogens is 316 g/mol. The summed E-state index contributed by atoms with van der Waals surface area (Å²) in [7, 11) is 0. The van der Waals surface area contributed by atoms with E-state index >= 15 is 0 Å². The highest BCUT2D eigenvalue weighted by atomic mass is 16.7. The molecule has 6 unspecified atom stereocenters. The molecule has 1 aliphatic heterocycles. The summed E-state index contributed by atoms with van der Waals surface area (Å²) in [5.41, 5.74) is 1.27. The zero-order valence-corrected chi connectivity index (χ0v) is 15.2. The van der Waals surface area contributed by atoms with Crippen LogP contribution in [0.3, 0.4) is 0 Å². The van der Waals surface area contributed by atoms with Crippen molar-refractivity contribution in [3.63, 3.8) is 0 Å². The molecule has 5 aliphatic rings. The molecule has 6 atom stereocenters. The molecule has 4 heteroatoms. The Hall–Kier alpha value is -0.710. The van der Waals surface area contributed by atoms with Crippen LogP contribution in [0, 0.1) is 29.1 Å². The molecule has 0 aromatic rings. The van der Waals surface area contributed by atoms with E-state index in [4.69, 9.17) is 9.47 Å². The van der Waals surface area contributed by atoms with Gasteiger partial charge in [0, 0.05) is 30.6 Å². The number of carbonyl (C=O) groups is 1. The largest absolute Gasteiger partial charge is 0.393 e. The van der Waals surface area contributed by atoms with Crippen molar-refractivity contribution >= 4 is 5.78 Å². The highest BCUT2D eigenvalue weighted by molar-refractivity contribution is 5.84. The van der Waals surface area contributed by atoms with Crippen LogP contribution in [-0.4, -0.2) is 36.0 Å². The standard InChI is InChI=1S/C21H30O4/c1-2-20-12-17(22)19-14-7-8-21(24-9-10-25-21)11-13(14)3-4-15(19)16(20)5-6-18(20)23/h3,14-16,18-19,23H,2,4-12H2,1H3. The zero-order chi connectivity index (χ0) is 17.2. The van der Waals surface area contributed by atoms with Crippen molar-refractivity contribution in [1.82, 2.24) is 0 Å². The van der Waals surface area contributed by atoms with Gasteiger partial charge in [0.2, 0.25) is 0 Å². The third-order valence-corrected chi connectivity index (χ3v) is 8.35. The lowest BCUT2D eigenvalue weighted by Gasteiger charge is -2.53. The van der Waals surface area contributed by atoms with Gasteiger partial charge in [0.25, 0.3) is 0 Å². The van der Waals surface area contributed by atoms with Crippen molar-refractivity contribution < 1.29 is 19.4 Å². The van der Waals surface area contributed by atoms with E-state index in [1.807, 2.05) is 0 Å². The van der Waals surface area contributed by atoms with Crippen LogP contribution in [0.2, 0.25) is 0 Å². The lowest BCUT2D eigenvalue weighted by Crippen LogP contribution is -2.53. The molecule has 1 N–H and O–H groups in total. The number of fused-ring (bicyclic) bond motifs is 5.